The fourth-order valence-corrected chi connectivity index (χ4v) is 7.94. The molecule has 1 nitrogen and oxygen atoms in total. The van der Waals surface area contributed by atoms with Gasteiger partial charge in [0.15, 0.2) is 0 Å². The lowest BCUT2D eigenvalue weighted by atomic mass is 9.78. The molecular weight excluding hydrogens is 539 g/mol. The Kier molecular flexibility index (Phi) is 6.06. The highest BCUT2D eigenvalue weighted by molar-refractivity contribution is 7.27. The predicted molar refractivity (Wildman–Crippen MR) is 188 cm³/mol. The van der Waals surface area contributed by atoms with Crippen molar-refractivity contribution in [3.05, 3.63) is 163 Å². The lowest BCUT2D eigenvalue weighted by Gasteiger charge is -2.30. The molecule has 206 valence electrons. The van der Waals surface area contributed by atoms with Gasteiger partial charge in [-0.1, -0.05) is 135 Å². The first-order chi connectivity index (χ1) is 21.1. The van der Waals surface area contributed by atoms with Gasteiger partial charge in [0.1, 0.15) is 0 Å². The van der Waals surface area contributed by atoms with Crippen LogP contribution in [0.1, 0.15) is 25.0 Å². The van der Waals surface area contributed by atoms with Crippen molar-refractivity contribution in [1.29, 1.82) is 0 Å². The highest BCUT2D eigenvalue weighted by Crippen LogP contribution is 2.47. The predicted octanol–water partition coefficient (Wildman–Crippen LogP) is 12.2. The molecular formula is C41H31NS. The van der Waals surface area contributed by atoms with Crippen LogP contribution >= 0.6 is 11.3 Å². The van der Waals surface area contributed by atoms with Crippen LogP contribution in [0.25, 0.3) is 41.7 Å². The number of benzene rings is 7. The summed E-state index contributed by atoms with van der Waals surface area (Å²) in [7, 11) is 0. The molecule has 2 heteroatoms. The minimum absolute atomic E-state index is 0.136. The lowest BCUT2D eigenvalue weighted by Crippen LogP contribution is -2.19. The van der Waals surface area contributed by atoms with Crippen molar-refractivity contribution < 1.29 is 0 Å². The minimum atomic E-state index is -0.136. The van der Waals surface area contributed by atoms with E-state index < -0.39 is 0 Å². The maximum absolute atomic E-state index is 2.43. The summed E-state index contributed by atoms with van der Waals surface area (Å²) in [4.78, 5) is 2.43. The van der Waals surface area contributed by atoms with Gasteiger partial charge in [-0.15, -0.1) is 11.3 Å². The van der Waals surface area contributed by atoms with Crippen molar-refractivity contribution in [2.75, 3.05) is 4.90 Å². The molecule has 7 aromatic carbocycles. The van der Waals surface area contributed by atoms with E-state index in [0.717, 1.165) is 11.4 Å². The van der Waals surface area contributed by atoms with E-state index in [1.807, 2.05) is 11.3 Å². The third-order valence-corrected chi connectivity index (χ3v) is 10.2. The molecule has 0 saturated heterocycles. The van der Waals surface area contributed by atoms with Gasteiger partial charge in [-0.25, -0.2) is 0 Å². The number of fused-ring (bicyclic) bond motifs is 7. The molecule has 1 aromatic heterocycles. The summed E-state index contributed by atoms with van der Waals surface area (Å²) in [6.45, 7) is 4.63. The van der Waals surface area contributed by atoms with Crippen LogP contribution in [0.15, 0.2) is 152 Å². The van der Waals surface area contributed by atoms with Crippen LogP contribution in [0.2, 0.25) is 0 Å². The molecule has 0 aliphatic heterocycles. The van der Waals surface area contributed by atoms with E-state index >= 15 is 0 Å². The standard InChI is InChI=1S/C41H31NS/c1-41(2,30-14-5-3-6-15-30)31-16-11-19-33(27-31)42(32-17-7-4-8-18-32)37-22-12-21-35-36-26-25-29-24-23-28-13-9-10-20-34(28)38(29)40(36)43-39(35)37/h3-27H,1-2H3. The molecule has 0 spiro atoms. The zero-order chi connectivity index (χ0) is 29.0. The molecule has 1 heterocycles. The summed E-state index contributed by atoms with van der Waals surface area (Å²) < 4.78 is 2.65. The summed E-state index contributed by atoms with van der Waals surface area (Å²) in [6.07, 6.45) is 0. The highest BCUT2D eigenvalue weighted by atomic mass is 32.1. The zero-order valence-electron chi connectivity index (χ0n) is 24.3. The molecule has 0 bridgehead atoms. The minimum Gasteiger partial charge on any atom is -0.309 e. The van der Waals surface area contributed by atoms with Gasteiger partial charge in [-0.3, -0.25) is 0 Å². The Morgan fingerprint density at radius 3 is 1.91 bits per heavy atom. The van der Waals surface area contributed by atoms with Gasteiger partial charge in [0, 0.05) is 37.6 Å². The fourth-order valence-electron chi connectivity index (χ4n) is 6.56. The van der Waals surface area contributed by atoms with Crippen LogP contribution < -0.4 is 4.90 Å². The second kappa shape index (κ2) is 10.1. The van der Waals surface area contributed by atoms with Crippen LogP contribution in [0.4, 0.5) is 17.1 Å². The van der Waals surface area contributed by atoms with Crippen LogP contribution in [0, 0.1) is 0 Å². The second-order valence-corrected chi connectivity index (χ2v) is 12.8. The second-order valence-electron chi connectivity index (χ2n) is 11.8. The Bertz CT molecular complexity index is 2260. The van der Waals surface area contributed by atoms with Gasteiger partial charge in [-0.2, -0.15) is 0 Å². The molecule has 0 saturated carbocycles. The largest absolute Gasteiger partial charge is 0.309 e. The molecule has 8 rings (SSSR count). The highest BCUT2D eigenvalue weighted by Gasteiger charge is 2.25. The Morgan fingerprint density at radius 1 is 0.465 bits per heavy atom. The van der Waals surface area contributed by atoms with Gasteiger partial charge in [0.05, 0.1) is 10.4 Å². The Hall–Kier alpha value is -4.92. The molecule has 0 unspecified atom stereocenters. The number of hydrogen-bond acceptors (Lipinski definition) is 2. The first-order valence-corrected chi connectivity index (χ1v) is 15.7. The topological polar surface area (TPSA) is 3.24 Å². The zero-order valence-corrected chi connectivity index (χ0v) is 25.1. The smallest absolute Gasteiger partial charge is 0.0640 e. The fraction of sp³-hybridized carbons (Fsp3) is 0.0732. The number of nitrogens with zero attached hydrogens (tertiary/aromatic N) is 1. The van der Waals surface area contributed by atoms with E-state index in [4.69, 9.17) is 0 Å². The summed E-state index contributed by atoms with van der Waals surface area (Å²) in [5, 5.41) is 7.85. The van der Waals surface area contributed by atoms with Gasteiger partial charge in [0.2, 0.25) is 0 Å². The maximum atomic E-state index is 2.43. The molecule has 0 amide bonds. The monoisotopic (exact) mass is 569 g/mol. The Morgan fingerprint density at radius 2 is 1.07 bits per heavy atom. The van der Waals surface area contributed by atoms with Crippen LogP contribution in [-0.4, -0.2) is 0 Å². The van der Waals surface area contributed by atoms with E-state index in [1.165, 1.54) is 58.5 Å². The number of thiophene rings is 1. The maximum Gasteiger partial charge on any atom is 0.0640 e. The van der Waals surface area contributed by atoms with Gasteiger partial charge in [-0.05, 0) is 57.6 Å². The van der Waals surface area contributed by atoms with E-state index in [1.54, 1.807) is 0 Å². The molecule has 0 radical (unpaired) electrons. The Labute approximate surface area is 256 Å². The summed E-state index contributed by atoms with van der Waals surface area (Å²) in [5.41, 5.74) is 5.98. The van der Waals surface area contributed by atoms with E-state index in [0.29, 0.717) is 0 Å². The SMILES string of the molecule is CC(C)(c1ccccc1)c1cccc(N(c2ccccc2)c2cccc3c2sc2c3ccc3ccc4ccccc4c32)c1. The van der Waals surface area contributed by atoms with Crippen molar-refractivity contribution in [1.82, 2.24) is 0 Å². The van der Waals surface area contributed by atoms with Crippen molar-refractivity contribution in [2.24, 2.45) is 0 Å². The average Bonchev–Trinajstić information content (AvgIpc) is 3.45. The number of anilines is 3. The van der Waals surface area contributed by atoms with Crippen molar-refractivity contribution in [3.63, 3.8) is 0 Å². The number of rotatable bonds is 5. The molecule has 0 N–H and O–H groups in total. The van der Waals surface area contributed by atoms with Crippen molar-refractivity contribution in [2.45, 2.75) is 19.3 Å². The first kappa shape index (κ1) is 25.8. The van der Waals surface area contributed by atoms with Crippen molar-refractivity contribution in [3.8, 4) is 0 Å². The van der Waals surface area contributed by atoms with Crippen molar-refractivity contribution >= 4 is 70.1 Å². The number of para-hydroxylation sites is 1. The van der Waals surface area contributed by atoms with Crippen LogP contribution in [0.3, 0.4) is 0 Å². The van der Waals surface area contributed by atoms with Crippen LogP contribution in [-0.2, 0) is 5.41 Å². The normalized spacial score (nSPS) is 12.0. The Balaban J connectivity index is 1.38. The van der Waals surface area contributed by atoms with Crippen LogP contribution in [0.5, 0.6) is 0 Å². The average molecular weight is 570 g/mol. The van der Waals surface area contributed by atoms with Gasteiger partial charge >= 0.3 is 0 Å². The van der Waals surface area contributed by atoms with Gasteiger partial charge in [0.25, 0.3) is 0 Å². The lowest BCUT2D eigenvalue weighted by molar-refractivity contribution is 0.641. The van der Waals surface area contributed by atoms with E-state index in [-0.39, 0.29) is 5.41 Å². The molecule has 0 atom stereocenters. The summed E-state index contributed by atoms with van der Waals surface area (Å²) in [6, 6.07) is 55.3. The third kappa shape index (κ3) is 4.21. The third-order valence-electron chi connectivity index (χ3n) is 8.93. The summed E-state index contributed by atoms with van der Waals surface area (Å²) in [5.74, 6) is 0. The first-order valence-electron chi connectivity index (χ1n) is 14.9. The number of hydrogen-bond donors (Lipinski definition) is 0. The molecule has 0 aliphatic rings. The molecule has 8 aromatic rings. The molecule has 0 aliphatic carbocycles. The van der Waals surface area contributed by atoms with Gasteiger partial charge < -0.3 is 4.90 Å². The molecule has 0 fully saturated rings. The summed E-state index contributed by atoms with van der Waals surface area (Å²) >= 11 is 1.92. The van der Waals surface area contributed by atoms with E-state index in [9.17, 15) is 0 Å². The quantitative estimate of drug-likeness (QED) is 0.186. The molecule has 43 heavy (non-hydrogen) atoms. The van der Waals surface area contributed by atoms with E-state index in [2.05, 4.69) is 170 Å².